The van der Waals surface area contributed by atoms with Gasteiger partial charge in [-0.25, -0.2) is 4.79 Å². The molecule has 0 heterocycles. The molecule has 0 bridgehead atoms. The molecule has 0 aliphatic heterocycles. The summed E-state index contributed by atoms with van der Waals surface area (Å²) in [6.07, 6.45) is -0.259. The maximum Gasteiger partial charge on any atom is 0.333 e. The minimum atomic E-state index is -1.48. The van der Waals surface area contributed by atoms with Gasteiger partial charge in [-0.2, -0.15) is 0 Å². The maximum absolute atomic E-state index is 11.8. The van der Waals surface area contributed by atoms with E-state index in [1.165, 1.54) is 0 Å². The molecule has 1 atom stereocenters. The van der Waals surface area contributed by atoms with Crippen molar-refractivity contribution in [1.82, 2.24) is 0 Å². The minimum Gasteiger partial charge on any atom is -0.461 e. The van der Waals surface area contributed by atoms with Crippen LogP contribution in [0.3, 0.4) is 0 Å². The molecule has 16 heavy (non-hydrogen) atoms. The summed E-state index contributed by atoms with van der Waals surface area (Å²) in [7, 11) is 0. The van der Waals surface area contributed by atoms with E-state index in [0.29, 0.717) is 5.56 Å². The first-order chi connectivity index (χ1) is 7.50. The fraction of sp³-hybridized carbons (Fsp3) is 0.417. The van der Waals surface area contributed by atoms with Crippen LogP contribution in [0.4, 0.5) is 0 Å². The SMILES string of the molecule is CC(C)OC(=O)C(N)(CO)c1ccccc1. The zero-order chi connectivity index (χ0) is 12.2. The van der Waals surface area contributed by atoms with Crippen molar-refractivity contribution in [3.05, 3.63) is 35.9 Å². The first-order valence-corrected chi connectivity index (χ1v) is 5.17. The first-order valence-electron chi connectivity index (χ1n) is 5.17. The number of hydrogen-bond acceptors (Lipinski definition) is 4. The van der Waals surface area contributed by atoms with Crippen LogP contribution in [0.15, 0.2) is 30.3 Å². The van der Waals surface area contributed by atoms with Gasteiger partial charge in [0.25, 0.3) is 0 Å². The molecule has 4 nitrogen and oxygen atoms in total. The Bertz CT molecular complexity index is 351. The molecule has 0 radical (unpaired) electrons. The maximum atomic E-state index is 11.8. The highest BCUT2D eigenvalue weighted by Gasteiger charge is 2.37. The van der Waals surface area contributed by atoms with E-state index in [2.05, 4.69) is 0 Å². The van der Waals surface area contributed by atoms with Crippen LogP contribution in [0.1, 0.15) is 19.4 Å². The molecule has 0 fully saturated rings. The Morgan fingerprint density at radius 3 is 2.44 bits per heavy atom. The van der Waals surface area contributed by atoms with Gasteiger partial charge in [0.2, 0.25) is 0 Å². The van der Waals surface area contributed by atoms with Gasteiger partial charge in [0.15, 0.2) is 5.54 Å². The number of carbonyl (C=O) groups excluding carboxylic acids is 1. The molecule has 0 spiro atoms. The van der Waals surface area contributed by atoms with Crippen molar-refractivity contribution in [3.8, 4) is 0 Å². The highest BCUT2D eigenvalue weighted by molar-refractivity contribution is 5.82. The lowest BCUT2D eigenvalue weighted by atomic mass is 9.92. The van der Waals surface area contributed by atoms with Crippen molar-refractivity contribution >= 4 is 5.97 Å². The van der Waals surface area contributed by atoms with Crippen LogP contribution in [0.25, 0.3) is 0 Å². The Morgan fingerprint density at radius 1 is 1.44 bits per heavy atom. The third kappa shape index (κ3) is 2.59. The number of aliphatic hydroxyl groups is 1. The number of hydrogen-bond donors (Lipinski definition) is 2. The van der Waals surface area contributed by atoms with Gasteiger partial charge in [-0.05, 0) is 19.4 Å². The summed E-state index contributed by atoms with van der Waals surface area (Å²) in [4.78, 5) is 11.8. The molecule has 1 aromatic rings. The van der Waals surface area contributed by atoms with Gasteiger partial charge >= 0.3 is 5.97 Å². The third-order valence-electron chi connectivity index (χ3n) is 2.25. The molecule has 0 aromatic heterocycles. The summed E-state index contributed by atoms with van der Waals surface area (Å²) in [5, 5.41) is 9.30. The zero-order valence-corrected chi connectivity index (χ0v) is 9.51. The zero-order valence-electron chi connectivity index (χ0n) is 9.51. The van der Waals surface area contributed by atoms with Gasteiger partial charge in [-0.3, -0.25) is 0 Å². The van der Waals surface area contributed by atoms with Gasteiger partial charge in [-0.1, -0.05) is 30.3 Å². The highest BCUT2D eigenvalue weighted by Crippen LogP contribution is 2.19. The van der Waals surface area contributed by atoms with Crippen molar-refractivity contribution in [2.24, 2.45) is 5.73 Å². The average molecular weight is 223 g/mol. The smallest absolute Gasteiger partial charge is 0.333 e. The van der Waals surface area contributed by atoms with E-state index in [1.54, 1.807) is 38.1 Å². The number of rotatable bonds is 4. The Morgan fingerprint density at radius 2 is 2.00 bits per heavy atom. The molecule has 88 valence electrons. The second-order valence-electron chi connectivity index (χ2n) is 3.95. The van der Waals surface area contributed by atoms with Crippen LogP contribution in [-0.2, 0) is 15.1 Å². The van der Waals surface area contributed by atoms with Crippen LogP contribution in [0, 0.1) is 0 Å². The van der Waals surface area contributed by atoms with E-state index in [9.17, 15) is 9.90 Å². The fourth-order valence-corrected chi connectivity index (χ4v) is 1.33. The van der Waals surface area contributed by atoms with Gasteiger partial charge in [0.1, 0.15) is 0 Å². The summed E-state index contributed by atoms with van der Waals surface area (Å²) >= 11 is 0. The van der Waals surface area contributed by atoms with Gasteiger partial charge in [0, 0.05) is 0 Å². The van der Waals surface area contributed by atoms with Gasteiger partial charge < -0.3 is 15.6 Å². The molecule has 3 N–H and O–H groups in total. The van der Waals surface area contributed by atoms with Crippen molar-refractivity contribution in [2.75, 3.05) is 6.61 Å². The van der Waals surface area contributed by atoms with Crippen molar-refractivity contribution < 1.29 is 14.6 Å². The first kappa shape index (κ1) is 12.7. The van der Waals surface area contributed by atoms with Crippen LogP contribution >= 0.6 is 0 Å². The van der Waals surface area contributed by atoms with Gasteiger partial charge in [-0.15, -0.1) is 0 Å². The summed E-state index contributed by atoms with van der Waals surface area (Å²) in [6.45, 7) is 2.99. The normalized spacial score (nSPS) is 14.6. The molecular formula is C12H17NO3. The number of aliphatic hydroxyl groups excluding tert-OH is 1. The fourth-order valence-electron chi connectivity index (χ4n) is 1.33. The number of carbonyl (C=O) groups is 1. The average Bonchev–Trinajstić information content (AvgIpc) is 2.28. The van der Waals surface area contributed by atoms with Gasteiger partial charge in [0.05, 0.1) is 12.7 Å². The lowest BCUT2D eigenvalue weighted by molar-refractivity contribution is -0.156. The molecule has 4 heteroatoms. The quantitative estimate of drug-likeness (QED) is 0.740. The molecule has 0 aliphatic carbocycles. The van der Waals surface area contributed by atoms with E-state index in [-0.39, 0.29) is 6.10 Å². The molecule has 0 aliphatic rings. The number of benzene rings is 1. The number of nitrogens with two attached hydrogens (primary N) is 1. The summed E-state index contributed by atoms with van der Waals surface area (Å²) < 4.78 is 5.04. The lowest BCUT2D eigenvalue weighted by Crippen LogP contribution is -2.49. The second kappa shape index (κ2) is 5.09. The molecular weight excluding hydrogens is 206 g/mol. The third-order valence-corrected chi connectivity index (χ3v) is 2.25. The molecule has 1 unspecified atom stereocenters. The molecule has 0 saturated carbocycles. The van der Waals surface area contributed by atoms with E-state index in [1.807, 2.05) is 6.07 Å². The van der Waals surface area contributed by atoms with E-state index < -0.39 is 18.1 Å². The summed E-state index contributed by atoms with van der Waals surface area (Å²) in [5.41, 5.74) is 4.95. The Kier molecular flexibility index (Phi) is 4.04. The standard InChI is InChI=1S/C12H17NO3/c1-9(2)16-11(15)12(13,8-14)10-6-4-3-5-7-10/h3-7,9,14H,8,13H2,1-2H3. The van der Waals surface area contributed by atoms with Crippen molar-refractivity contribution in [3.63, 3.8) is 0 Å². The Labute approximate surface area is 95.0 Å². The molecule has 1 aromatic carbocycles. The summed E-state index contributed by atoms with van der Waals surface area (Å²) in [6, 6.07) is 8.72. The topological polar surface area (TPSA) is 72.5 Å². The molecule has 0 amide bonds. The number of ether oxygens (including phenoxy) is 1. The van der Waals surface area contributed by atoms with Crippen LogP contribution in [0.2, 0.25) is 0 Å². The molecule has 0 saturated heterocycles. The lowest BCUT2D eigenvalue weighted by Gasteiger charge is -2.26. The predicted octanol–water partition coefficient (Wildman–Crippen LogP) is 0.784. The van der Waals surface area contributed by atoms with Crippen LogP contribution in [0.5, 0.6) is 0 Å². The largest absolute Gasteiger partial charge is 0.461 e. The van der Waals surface area contributed by atoms with Crippen molar-refractivity contribution in [1.29, 1.82) is 0 Å². The van der Waals surface area contributed by atoms with Crippen molar-refractivity contribution in [2.45, 2.75) is 25.5 Å². The van der Waals surface area contributed by atoms with E-state index in [0.717, 1.165) is 0 Å². The monoisotopic (exact) mass is 223 g/mol. The number of esters is 1. The van der Waals surface area contributed by atoms with E-state index >= 15 is 0 Å². The Balaban J connectivity index is 2.98. The predicted molar refractivity (Wildman–Crippen MR) is 60.6 cm³/mol. The Hall–Kier alpha value is -1.39. The van der Waals surface area contributed by atoms with Crippen LogP contribution < -0.4 is 5.73 Å². The minimum absolute atomic E-state index is 0.259. The highest BCUT2D eigenvalue weighted by atomic mass is 16.5. The van der Waals surface area contributed by atoms with E-state index in [4.69, 9.17) is 10.5 Å². The second-order valence-corrected chi connectivity index (χ2v) is 3.95. The van der Waals surface area contributed by atoms with Crippen LogP contribution in [-0.4, -0.2) is 23.8 Å². The molecule has 1 rings (SSSR count). The summed E-state index contributed by atoms with van der Waals surface area (Å²) in [5.74, 6) is -0.615.